The van der Waals surface area contributed by atoms with Crippen molar-refractivity contribution in [1.29, 1.82) is 0 Å². The van der Waals surface area contributed by atoms with Crippen LogP contribution in [-0.4, -0.2) is 58.3 Å². The van der Waals surface area contributed by atoms with E-state index in [2.05, 4.69) is 4.72 Å². The first-order valence-electron chi connectivity index (χ1n) is 7.58. The fraction of sp³-hybridized carbons (Fsp3) is 0.600. The Labute approximate surface area is 137 Å². The minimum atomic E-state index is -3.53. The molecule has 0 spiro atoms. The van der Waals surface area contributed by atoms with Crippen molar-refractivity contribution in [2.75, 3.05) is 33.4 Å². The maximum absolute atomic E-state index is 12.3. The molecule has 2 atom stereocenters. The Kier molecular flexibility index (Phi) is 6.23. The first-order valence-corrected chi connectivity index (χ1v) is 9.02. The number of nitrogens with one attached hydrogen (secondary N) is 1. The molecule has 0 saturated carbocycles. The molecule has 1 aromatic rings. The Morgan fingerprint density at radius 1 is 1.22 bits per heavy atom. The van der Waals surface area contributed by atoms with Crippen LogP contribution in [0.1, 0.15) is 13.8 Å². The summed E-state index contributed by atoms with van der Waals surface area (Å²) in [7, 11) is -1.97. The Bertz CT molecular complexity index is 598. The molecule has 1 aliphatic heterocycles. The van der Waals surface area contributed by atoms with Crippen molar-refractivity contribution in [3.05, 3.63) is 24.3 Å². The van der Waals surface area contributed by atoms with Crippen LogP contribution in [0.3, 0.4) is 0 Å². The van der Waals surface area contributed by atoms with Crippen LogP contribution in [0.2, 0.25) is 0 Å². The molecule has 0 unspecified atom stereocenters. The lowest BCUT2D eigenvalue weighted by Crippen LogP contribution is -2.52. The third-order valence-electron chi connectivity index (χ3n) is 3.44. The van der Waals surface area contributed by atoms with Gasteiger partial charge in [0.2, 0.25) is 0 Å². The molecule has 130 valence electrons. The zero-order chi connectivity index (χ0) is 16.9. The van der Waals surface area contributed by atoms with E-state index in [0.717, 1.165) is 0 Å². The predicted molar refractivity (Wildman–Crippen MR) is 87.0 cm³/mol. The largest absolute Gasteiger partial charge is 0.493 e. The highest BCUT2D eigenvalue weighted by Crippen LogP contribution is 2.25. The van der Waals surface area contributed by atoms with Gasteiger partial charge in [-0.1, -0.05) is 12.1 Å². The second-order valence-electron chi connectivity index (χ2n) is 5.47. The number of methoxy groups -OCH3 is 1. The van der Waals surface area contributed by atoms with Crippen molar-refractivity contribution >= 4 is 10.2 Å². The number of para-hydroxylation sites is 2. The van der Waals surface area contributed by atoms with E-state index in [4.69, 9.17) is 14.2 Å². The SMILES string of the molecule is COc1ccccc1OCCNS(=O)(=O)N1C[C@@H](C)O[C@@H](C)C1. The summed E-state index contributed by atoms with van der Waals surface area (Å²) < 4.78 is 44.8. The van der Waals surface area contributed by atoms with E-state index >= 15 is 0 Å². The number of ether oxygens (including phenoxy) is 3. The average molecular weight is 344 g/mol. The van der Waals surface area contributed by atoms with Crippen molar-refractivity contribution in [2.24, 2.45) is 0 Å². The standard InChI is InChI=1S/C15H24N2O5S/c1-12-10-17(11-13(2)22-12)23(18,19)16-8-9-21-15-7-5-4-6-14(15)20-3/h4-7,12-13,16H,8-11H2,1-3H3/t12-,13+. The number of benzene rings is 1. The summed E-state index contributed by atoms with van der Waals surface area (Å²) in [6.45, 7) is 4.83. The second kappa shape index (κ2) is 7.96. The zero-order valence-corrected chi connectivity index (χ0v) is 14.5. The lowest BCUT2D eigenvalue weighted by atomic mass is 10.3. The minimum absolute atomic E-state index is 0.111. The molecule has 0 aliphatic carbocycles. The molecule has 1 heterocycles. The highest BCUT2D eigenvalue weighted by Gasteiger charge is 2.30. The normalized spacial score (nSPS) is 22.7. The molecule has 8 heteroatoms. The van der Waals surface area contributed by atoms with Crippen molar-refractivity contribution in [3.63, 3.8) is 0 Å². The highest BCUT2D eigenvalue weighted by atomic mass is 32.2. The molecule has 1 N–H and O–H groups in total. The fourth-order valence-electron chi connectivity index (χ4n) is 2.49. The molecule has 0 bridgehead atoms. The van der Waals surface area contributed by atoms with Crippen LogP contribution < -0.4 is 14.2 Å². The van der Waals surface area contributed by atoms with Crippen LogP contribution in [0.4, 0.5) is 0 Å². The highest BCUT2D eigenvalue weighted by molar-refractivity contribution is 7.87. The molecule has 1 saturated heterocycles. The van der Waals surface area contributed by atoms with E-state index in [9.17, 15) is 8.42 Å². The van der Waals surface area contributed by atoms with Gasteiger partial charge in [-0.05, 0) is 26.0 Å². The monoisotopic (exact) mass is 344 g/mol. The van der Waals surface area contributed by atoms with Crippen molar-refractivity contribution < 1.29 is 22.6 Å². The summed E-state index contributed by atoms with van der Waals surface area (Å²) in [5, 5.41) is 0. The molecular weight excluding hydrogens is 320 g/mol. The molecule has 1 aromatic carbocycles. The molecule has 23 heavy (non-hydrogen) atoms. The lowest BCUT2D eigenvalue weighted by molar-refractivity contribution is -0.0444. The van der Waals surface area contributed by atoms with Gasteiger partial charge in [0.15, 0.2) is 11.5 Å². The van der Waals surface area contributed by atoms with Gasteiger partial charge in [-0.25, -0.2) is 0 Å². The molecule has 7 nitrogen and oxygen atoms in total. The minimum Gasteiger partial charge on any atom is -0.493 e. The van der Waals surface area contributed by atoms with Gasteiger partial charge in [0.25, 0.3) is 10.2 Å². The quantitative estimate of drug-likeness (QED) is 0.747. The summed E-state index contributed by atoms with van der Waals surface area (Å²) in [6.07, 6.45) is -0.222. The van der Waals surface area contributed by atoms with Crippen LogP contribution in [0.5, 0.6) is 11.5 Å². The average Bonchev–Trinajstić information content (AvgIpc) is 2.51. The number of nitrogens with zero attached hydrogens (tertiary/aromatic N) is 1. The molecule has 1 fully saturated rings. The van der Waals surface area contributed by atoms with E-state index < -0.39 is 10.2 Å². The smallest absolute Gasteiger partial charge is 0.279 e. The van der Waals surface area contributed by atoms with Crippen molar-refractivity contribution in [2.45, 2.75) is 26.1 Å². The predicted octanol–water partition coefficient (Wildman–Crippen LogP) is 1.02. The van der Waals surface area contributed by atoms with E-state index in [1.807, 2.05) is 26.0 Å². The summed E-state index contributed by atoms with van der Waals surface area (Å²) in [4.78, 5) is 0. The van der Waals surface area contributed by atoms with Gasteiger partial charge in [0.1, 0.15) is 6.61 Å². The van der Waals surface area contributed by atoms with Crippen molar-refractivity contribution in [3.8, 4) is 11.5 Å². The maximum atomic E-state index is 12.3. The second-order valence-corrected chi connectivity index (χ2v) is 7.23. The molecule has 1 aliphatic rings. The first-order chi connectivity index (χ1) is 10.9. The number of rotatable bonds is 7. The molecule has 0 aromatic heterocycles. The topological polar surface area (TPSA) is 77.1 Å². The third-order valence-corrected chi connectivity index (χ3v) is 4.99. The molecular formula is C15H24N2O5S. The molecule has 0 radical (unpaired) electrons. The van der Waals surface area contributed by atoms with Crippen molar-refractivity contribution in [1.82, 2.24) is 9.03 Å². The number of hydrogen-bond donors (Lipinski definition) is 1. The van der Waals surface area contributed by atoms with Gasteiger partial charge in [-0.15, -0.1) is 0 Å². The van der Waals surface area contributed by atoms with E-state index in [1.54, 1.807) is 19.2 Å². The summed E-state index contributed by atoms with van der Waals surface area (Å²) in [5.41, 5.74) is 0. The third kappa shape index (κ3) is 5.07. The Balaban J connectivity index is 1.83. The van der Waals surface area contributed by atoms with Gasteiger partial charge >= 0.3 is 0 Å². The van der Waals surface area contributed by atoms with Crippen LogP contribution in [0.25, 0.3) is 0 Å². The molecule has 2 rings (SSSR count). The number of morpholine rings is 1. The Morgan fingerprint density at radius 2 is 1.83 bits per heavy atom. The Morgan fingerprint density at radius 3 is 2.43 bits per heavy atom. The maximum Gasteiger partial charge on any atom is 0.279 e. The first kappa shape index (κ1) is 18.0. The summed E-state index contributed by atoms with van der Waals surface area (Å²) in [5.74, 6) is 1.20. The van der Waals surface area contributed by atoms with Gasteiger partial charge in [0.05, 0.1) is 19.3 Å². The zero-order valence-electron chi connectivity index (χ0n) is 13.7. The summed E-state index contributed by atoms with van der Waals surface area (Å²) >= 11 is 0. The summed E-state index contributed by atoms with van der Waals surface area (Å²) in [6, 6.07) is 7.24. The van der Waals surface area contributed by atoms with Crippen LogP contribution in [-0.2, 0) is 14.9 Å². The van der Waals surface area contributed by atoms with E-state index in [-0.39, 0.29) is 25.4 Å². The van der Waals surface area contributed by atoms with Crippen LogP contribution >= 0.6 is 0 Å². The molecule has 0 amide bonds. The van der Waals surface area contributed by atoms with Gasteiger partial charge < -0.3 is 14.2 Å². The fourth-order valence-corrected chi connectivity index (χ4v) is 3.82. The van der Waals surface area contributed by atoms with Crippen LogP contribution in [0.15, 0.2) is 24.3 Å². The Hall–Kier alpha value is -1.35. The van der Waals surface area contributed by atoms with E-state index in [0.29, 0.717) is 24.6 Å². The van der Waals surface area contributed by atoms with Gasteiger partial charge in [-0.2, -0.15) is 17.4 Å². The number of hydrogen-bond acceptors (Lipinski definition) is 5. The van der Waals surface area contributed by atoms with Crippen LogP contribution in [0, 0.1) is 0 Å². The van der Waals surface area contributed by atoms with Gasteiger partial charge in [-0.3, -0.25) is 0 Å². The lowest BCUT2D eigenvalue weighted by Gasteiger charge is -2.34. The van der Waals surface area contributed by atoms with E-state index in [1.165, 1.54) is 4.31 Å². The van der Waals surface area contributed by atoms with Gasteiger partial charge in [0, 0.05) is 19.6 Å².